The first-order valence-corrected chi connectivity index (χ1v) is 5.89. The van der Waals surface area contributed by atoms with Crippen molar-refractivity contribution in [3.05, 3.63) is 53.1 Å². The number of halogens is 3. The summed E-state index contributed by atoms with van der Waals surface area (Å²) in [5.41, 5.74) is 1.44. The molecule has 0 saturated heterocycles. The van der Waals surface area contributed by atoms with Gasteiger partial charge in [0.25, 0.3) is 0 Å². The molecule has 1 aromatic carbocycles. The topological polar surface area (TPSA) is 29.9 Å². The van der Waals surface area contributed by atoms with Gasteiger partial charge in [0.05, 0.1) is 0 Å². The number of benzene rings is 1. The van der Waals surface area contributed by atoms with Crippen LogP contribution in [0.5, 0.6) is 0 Å². The number of aromatic nitrogens is 2. The third-order valence-corrected chi connectivity index (χ3v) is 2.85. The first-order chi connectivity index (χ1) is 9.08. The van der Waals surface area contributed by atoms with E-state index in [2.05, 4.69) is 10.4 Å². The predicted molar refractivity (Wildman–Crippen MR) is 64.9 cm³/mol. The molecule has 0 bridgehead atoms. The lowest BCUT2D eigenvalue weighted by Crippen LogP contribution is -2.18. The van der Waals surface area contributed by atoms with E-state index in [0.29, 0.717) is 12.1 Å². The normalized spacial score (nSPS) is 10.9. The monoisotopic (exact) mass is 269 g/mol. The number of rotatable bonds is 5. The zero-order valence-corrected chi connectivity index (χ0v) is 10.5. The van der Waals surface area contributed by atoms with Crippen molar-refractivity contribution in [1.82, 2.24) is 15.1 Å². The lowest BCUT2D eigenvalue weighted by molar-refractivity contribution is 0.444. The van der Waals surface area contributed by atoms with Crippen LogP contribution in [0.3, 0.4) is 0 Å². The van der Waals surface area contributed by atoms with E-state index >= 15 is 0 Å². The molecule has 0 aliphatic rings. The molecular weight excluding hydrogens is 255 g/mol. The molecule has 0 fully saturated rings. The van der Waals surface area contributed by atoms with Crippen LogP contribution in [0, 0.1) is 17.5 Å². The number of aryl methyl sites for hydroxylation is 1. The van der Waals surface area contributed by atoms with Gasteiger partial charge in [-0.15, -0.1) is 0 Å². The highest BCUT2D eigenvalue weighted by molar-refractivity contribution is 5.19. The highest BCUT2D eigenvalue weighted by Crippen LogP contribution is 2.13. The van der Waals surface area contributed by atoms with Gasteiger partial charge in [-0.05, 0) is 23.8 Å². The largest absolute Gasteiger partial charge is 0.312 e. The van der Waals surface area contributed by atoms with Crippen molar-refractivity contribution in [3.8, 4) is 0 Å². The van der Waals surface area contributed by atoms with Crippen LogP contribution in [0.25, 0.3) is 0 Å². The SMILES string of the molecule is Cn1nccc1CCNCc1cc(F)c(F)c(F)c1. The second kappa shape index (κ2) is 5.88. The molecule has 0 aliphatic carbocycles. The summed E-state index contributed by atoms with van der Waals surface area (Å²) in [5, 5.41) is 7.08. The Hall–Kier alpha value is -1.82. The predicted octanol–water partition coefficient (Wildman–Crippen LogP) is 2.17. The van der Waals surface area contributed by atoms with Gasteiger partial charge in [-0.2, -0.15) is 5.10 Å². The molecule has 6 heteroatoms. The number of hydrogen-bond donors (Lipinski definition) is 1. The Morgan fingerprint density at radius 3 is 2.47 bits per heavy atom. The van der Waals surface area contributed by atoms with Crippen LogP contribution in [0.1, 0.15) is 11.3 Å². The molecule has 0 radical (unpaired) electrons. The van der Waals surface area contributed by atoms with Gasteiger partial charge in [0.2, 0.25) is 0 Å². The Morgan fingerprint density at radius 2 is 1.89 bits per heavy atom. The molecule has 102 valence electrons. The van der Waals surface area contributed by atoms with E-state index in [9.17, 15) is 13.2 Å². The van der Waals surface area contributed by atoms with Gasteiger partial charge in [0.15, 0.2) is 17.5 Å². The molecule has 2 aromatic rings. The standard InChI is InChI=1S/C13H14F3N3/c1-19-10(3-5-18-19)2-4-17-8-9-6-11(14)13(16)12(15)7-9/h3,5-7,17H,2,4,8H2,1H3. The maximum atomic E-state index is 13.0. The van der Waals surface area contributed by atoms with Crippen LogP contribution in [0.4, 0.5) is 13.2 Å². The molecule has 3 nitrogen and oxygen atoms in total. The molecule has 0 amide bonds. The smallest absolute Gasteiger partial charge is 0.194 e. The van der Waals surface area contributed by atoms with E-state index in [1.807, 2.05) is 13.1 Å². The van der Waals surface area contributed by atoms with Crippen LogP contribution >= 0.6 is 0 Å². The van der Waals surface area contributed by atoms with Crippen molar-refractivity contribution in [1.29, 1.82) is 0 Å². The van der Waals surface area contributed by atoms with Gasteiger partial charge in [0.1, 0.15) is 0 Å². The Kier molecular flexibility index (Phi) is 4.21. The molecule has 0 saturated carbocycles. The van der Waals surface area contributed by atoms with Gasteiger partial charge in [-0.3, -0.25) is 4.68 Å². The van der Waals surface area contributed by atoms with Crippen molar-refractivity contribution in [3.63, 3.8) is 0 Å². The molecule has 19 heavy (non-hydrogen) atoms. The summed E-state index contributed by atoms with van der Waals surface area (Å²) in [6.45, 7) is 0.923. The van der Waals surface area contributed by atoms with Gasteiger partial charge in [-0.25, -0.2) is 13.2 Å². The highest BCUT2D eigenvalue weighted by atomic mass is 19.2. The lowest BCUT2D eigenvalue weighted by atomic mass is 10.2. The van der Waals surface area contributed by atoms with Crippen LogP contribution in [-0.4, -0.2) is 16.3 Å². The molecular formula is C13H14F3N3. The molecule has 0 spiro atoms. The Bertz CT molecular complexity index is 543. The second-order valence-electron chi connectivity index (χ2n) is 4.25. The number of nitrogens with zero attached hydrogens (tertiary/aromatic N) is 2. The minimum absolute atomic E-state index is 0.284. The Labute approximate surface area is 109 Å². The van der Waals surface area contributed by atoms with Crippen molar-refractivity contribution in [2.45, 2.75) is 13.0 Å². The van der Waals surface area contributed by atoms with E-state index in [4.69, 9.17) is 0 Å². The minimum Gasteiger partial charge on any atom is -0.312 e. The van der Waals surface area contributed by atoms with E-state index in [1.165, 1.54) is 0 Å². The molecule has 0 aliphatic heterocycles. The fraction of sp³-hybridized carbons (Fsp3) is 0.308. The third-order valence-electron chi connectivity index (χ3n) is 2.85. The average molecular weight is 269 g/mol. The zero-order valence-electron chi connectivity index (χ0n) is 10.5. The van der Waals surface area contributed by atoms with E-state index in [0.717, 1.165) is 24.2 Å². The Balaban J connectivity index is 1.85. The fourth-order valence-corrected chi connectivity index (χ4v) is 1.81. The summed E-state index contributed by atoms with van der Waals surface area (Å²) >= 11 is 0. The summed E-state index contributed by atoms with van der Waals surface area (Å²) in [4.78, 5) is 0. The lowest BCUT2D eigenvalue weighted by Gasteiger charge is -2.06. The first-order valence-electron chi connectivity index (χ1n) is 5.89. The van der Waals surface area contributed by atoms with Crippen molar-refractivity contribution >= 4 is 0 Å². The second-order valence-corrected chi connectivity index (χ2v) is 4.25. The molecule has 1 N–H and O–H groups in total. The summed E-state index contributed by atoms with van der Waals surface area (Å²) in [7, 11) is 1.85. The van der Waals surface area contributed by atoms with Crippen molar-refractivity contribution < 1.29 is 13.2 Å². The molecule has 0 atom stereocenters. The summed E-state index contributed by atoms with van der Waals surface area (Å²) < 4.78 is 40.5. The zero-order chi connectivity index (χ0) is 13.8. The maximum Gasteiger partial charge on any atom is 0.194 e. The van der Waals surface area contributed by atoms with Crippen molar-refractivity contribution in [2.24, 2.45) is 7.05 Å². The number of nitrogens with one attached hydrogen (secondary N) is 1. The summed E-state index contributed by atoms with van der Waals surface area (Å²) in [6.07, 6.45) is 2.46. The van der Waals surface area contributed by atoms with E-state index in [1.54, 1.807) is 10.9 Å². The minimum atomic E-state index is -1.43. The van der Waals surface area contributed by atoms with E-state index < -0.39 is 17.5 Å². The molecule has 1 aromatic heterocycles. The number of hydrogen-bond acceptors (Lipinski definition) is 2. The van der Waals surface area contributed by atoms with Gasteiger partial charge in [0, 0.05) is 38.4 Å². The van der Waals surface area contributed by atoms with Crippen LogP contribution in [0.15, 0.2) is 24.4 Å². The first kappa shape index (κ1) is 13.6. The molecule has 0 unspecified atom stereocenters. The van der Waals surface area contributed by atoms with E-state index in [-0.39, 0.29) is 6.54 Å². The van der Waals surface area contributed by atoms with Gasteiger partial charge >= 0.3 is 0 Å². The quantitative estimate of drug-likeness (QED) is 0.666. The third kappa shape index (κ3) is 3.35. The van der Waals surface area contributed by atoms with Crippen LogP contribution in [-0.2, 0) is 20.0 Å². The van der Waals surface area contributed by atoms with Crippen LogP contribution in [0.2, 0.25) is 0 Å². The average Bonchev–Trinajstić information content (AvgIpc) is 2.77. The summed E-state index contributed by atoms with van der Waals surface area (Å²) in [6, 6.07) is 3.89. The van der Waals surface area contributed by atoms with Gasteiger partial charge in [-0.1, -0.05) is 0 Å². The fourth-order valence-electron chi connectivity index (χ4n) is 1.81. The van der Waals surface area contributed by atoms with Crippen LogP contribution < -0.4 is 5.32 Å². The molecule has 2 rings (SSSR count). The highest BCUT2D eigenvalue weighted by Gasteiger charge is 2.10. The van der Waals surface area contributed by atoms with Crippen molar-refractivity contribution in [2.75, 3.05) is 6.54 Å². The Morgan fingerprint density at radius 1 is 1.21 bits per heavy atom. The van der Waals surface area contributed by atoms with Gasteiger partial charge < -0.3 is 5.32 Å². The molecule has 1 heterocycles. The maximum absolute atomic E-state index is 13.0. The summed E-state index contributed by atoms with van der Waals surface area (Å²) in [5.74, 6) is -3.76.